The summed E-state index contributed by atoms with van der Waals surface area (Å²) < 4.78 is 0. The third-order valence-corrected chi connectivity index (χ3v) is 0.771. The van der Waals surface area contributed by atoms with E-state index in [0.717, 1.165) is 0 Å². The summed E-state index contributed by atoms with van der Waals surface area (Å²) in [7, 11) is 0. The predicted molar refractivity (Wildman–Crippen MR) is 26.6 cm³/mol. The van der Waals surface area contributed by atoms with E-state index in [1.807, 2.05) is 0 Å². The summed E-state index contributed by atoms with van der Waals surface area (Å²) in [6.45, 7) is 0. The van der Waals surface area contributed by atoms with Gasteiger partial charge in [0.25, 0.3) is 0 Å². The normalized spacial score (nSPS) is 9.00. The lowest BCUT2D eigenvalue weighted by Crippen LogP contribution is -1.94. The third-order valence-electron chi connectivity index (χ3n) is 0.771. The van der Waals surface area contributed by atoms with Gasteiger partial charge >= 0.3 is 5.97 Å². The Kier molecular flexibility index (Phi) is 1.04. The van der Waals surface area contributed by atoms with Crippen LogP contribution < -0.4 is 0 Å². The van der Waals surface area contributed by atoms with Crippen molar-refractivity contribution < 1.29 is 9.90 Å². The van der Waals surface area contributed by atoms with Crippen molar-refractivity contribution >= 4 is 5.97 Å². The largest absolute Gasteiger partial charge is 0.477 e. The highest BCUT2D eigenvalue weighted by molar-refractivity contribution is 5.85. The summed E-state index contributed by atoms with van der Waals surface area (Å²) in [5, 5.41) is 8.22. The molecule has 3 heteroatoms. The lowest BCUT2D eigenvalue weighted by molar-refractivity contribution is 0.0691. The SMILES string of the molecule is O=C(O)c1cc[c][nH]1. The minimum Gasteiger partial charge on any atom is -0.477 e. The number of H-pyrrole nitrogens is 1. The Morgan fingerprint density at radius 1 is 1.88 bits per heavy atom. The first-order valence-electron chi connectivity index (χ1n) is 2.09. The lowest BCUT2D eigenvalue weighted by atomic mass is 10.4. The van der Waals surface area contributed by atoms with Crippen LogP contribution in [0.5, 0.6) is 0 Å². The monoisotopic (exact) mass is 110 g/mol. The van der Waals surface area contributed by atoms with E-state index in [1.165, 1.54) is 12.1 Å². The first-order valence-corrected chi connectivity index (χ1v) is 2.09. The van der Waals surface area contributed by atoms with Crippen LogP contribution in [0, 0.1) is 6.20 Å². The second kappa shape index (κ2) is 1.69. The van der Waals surface area contributed by atoms with Crippen LogP contribution in [0.25, 0.3) is 0 Å². The molecule has 1 radical (unpaired) electrons. The molecule has 0 unspecified atom stereocenters. The quantitative estimate of drug-likeness (QED) is 0.553. The Bertz CT molecular complexity index is 178. The zero-order chi connectivity index (χ0) is 5.98. The highest BCUT2D eigenvalue weighted by Gasteiger charge is 1.98. The fourth-order valence-corrected chi connectivity index (χ4v) is 0.411. The topological polar surface area (TPSA) is 53.1 Å². The number of aromatic amines is 1. The number of nitrogens with one attached hydrogen (secondary N) is 1. The van der Waals surface area contributed by atoms with Gasteiger partial charge in [-0.1, -0.05) is 0 Å². The third kappa shape index (κ3) is 0.703. The smallest absolute Gasteiger partial charge is 0.352 e. The summed E-state index contributed by atoms with van der Waals surface area (Å²) in [5.41, 5.74) is 0.171. The minimum absolute atomic E-state index is 0.171. The first kappa shape index (κ1) is 4.90. The van der Waals surface area contributed by atoms with Crippen LogP contribution in [0.4, 0.5) is 0 Å². The summed E-state index contributed by atoms with van der Waals surface area (Å²) in [6, 6.07) is 2.96. The van der Waals surface area contributed by atoms with Crippen molar-refractivity contribution in [3.05, 3.63) is 24.0 Å². The van der Waals surface area contributed by atoms with Crippen LogP contribution in [0.3, 0.4) is 0 Å². The van der Waals surface area contributed by atoms with Crippen LogP contribution in [-0.2, 0) is 0 Å². The molecule has 41 valence electrons. The summed E-state index contributed by atoms with van der Waals surface area (Å²) in [5.74, 6) is -0.953. The predicted octanol–water partition coefficient (Wildman–Crippen LogP) is 0.513. The molecule has 0 fully saturated rings. The van der Waals surface area contributed by atoms with Gasteiger partial charge in [0.05, 0.1) is 6.20 Å². The van der Waals surface area contributed by atoms with Crippen molar-refractivity contribution in [3.63, 3.8) is 0 Å². The molecule has 8 heavy (non-hydrogen) atoms. The van der Waals surface area contributed by atoms with Crippen molar-refractivity contribution in [2.24, 2.45) is 0 Å². The Hall–Kier alpha value is -1.25. The van der Waals surface area contributed by atoms with E-state index in [1.54, 1.807) is 0 Å². The van der Waals surface area contributed by atoms with Crippen LogP contribution in [0.1, 0.15) is 10.5 Å². The van der Waals surface area contributed by atoms with E-state index in [9.17, 15) is 4.79 Å². The molecule has 0 atom stereocenters. The van der Waals surface area contributed by atoms with Crippen molar-refractivity contribution in [1.82, 2.24) is 4.98 Å². The number of carboxylic acids is 1. The lowest BCUT2D eigenvalue weighted by Gasteiger charge is -1.80. The number of hydrogen-bond acceptors (Lipinski definition) is 1. The van der Waals surface area contributed by atoms with Gasteiger partial charge in [-0.05, 0) is 12.1 Å². The second-order valence-corrected chi connectivity index (χ2v) is 1.32. The maximum Gasteiger partial charge on any atom is 0.352 e. The Labute approximate surface area is 46.0 Å². The highest BCUT2D eigenvalue weighted by Crippen LogP contribution is 1.90. The molecular formula is C5H4NO2. The number of carbonyl (C=O) groups is 1. The number of hydrogen-bond donors (Lipinski definition) is 2. The summed E-state index contributed by atoms with van der Waals surface area (Å²) in [4.78, 5) is 12.4. The zero-order valence-corrected chi connectivity index (χ0v) is 4.01. The van der Waals surface area contributed by atoms with Crippen LogP contribution in [-0.4, -0.2) is 16.1 Å². The van der Waals surface area contributed by atoms with Gasteiger partial charge in [0.2, 0.25) is 0 Å². The molecule has 0 aliphatic rings. The average molecular weight is 110 g/mol. The number of aromatic carboxylic acids is 1. The highest BCUT2D eigenvalue weighted by atomic mass is 16.4. The fourth-order valence-electron chi connectivity index (χ4n) is 0.411. The van der Waals surface area contributed by atoms with Crippen LogP contribution in [0.2, 0.25) is 0 Å². The van der Waals surface area contributed by atoms with Gasteiger partial charge < -0.3 is 10.1 Å². The number of rotatable bonds is 1. The zero-order valence-electron chi connectivity index (χ0n) is 4.01. The van der Waals surface area contributed by atoms with E-state index in [-0.39, 0.29) is 5.69 Å². The standard InChI is InChI=1S/C5H4NO2/c7-5(8)4-2-1-3-6-4/h1-2,6H,(H,7,8). The van der Waals surface area contributed by atoms with Gasteiger partial charge in [-0.3, -0.25) is 0 Å². The summed E-state index contributed by atoms with van der Waals surface area (Å²) in [6.07, 6.45) is 2.51. The van der Waals surface area contributed by atoms with Gasteiger partial charge in [0.15, 0.2) is 0 Å². The van der Waals surface area contributed by atoms with Gasteiger partial charge in [-0.15, -0.1) is 0 Å². The molecule has 2 N–H and O–H groups in total. The average Bonchev–Trinajstić information content (AvgIpc) is 2.12. The fraction of sp³-hybridized carbons (Fsp3) is 0. The molecule has 0 saturated carbocycles. The van der Waals surface area contributed by atoms with E-state index in [0.29, 0.717) is 0 Å². The van der Waals surface area contributed by atoms with Crippen molar-refractivity contribution in [2.45, 2.75) is 0 Å². The number of aromatic nitrogens is 1. The van der Waals surface area contributed by atoms with Gasteiger partial charge in [0, 0.05) is 0 Å². The van der Waals surface area contributed by atoms with Gasteiger partial charge in [-0.2, -0.15) is 0 Å². The number of carboxylic acid groups (broad SMARTS) is 1. The van der Waals surface area contributed by atoms with Crippen molar-refractivity contribution in [1.29, 1.82) is 0 Å². The van der Waals surface area contributed by atoms with Crippen molar-refractivity contribution in [2.75, 3.05) is 0 Å². The van der Waals surface area contributed by atoms with Crippen LogP contribution >= 0.6 is 0 Å². The van der Waals surface area contributed by atoms with E-state index in [2.05, 4.69) is 11.2 Å². The maximum absolute atomic E-state index is 10.0. The molecule has 1 aromatic rings. The molecule has 0 aromatic carbocycles. The molecule has 0 aliphatic carbocycles. The minimum atomic E-state index is -0.953. The van der Waals surface area contributed by atoms with E-state index in [4.69, 9.17) is 5.11 Å². The molecule has 0 saturated heterocycles. The molecule has 1 aromatic heterocycles. The van der Waals surface area contributed by atoms with Gasteiger partial charge in [-0.25, -0.2) is 4.79 Å². The Balaban J connectivity index is 2.93. The molecule has 0 amide bonds. The van der Waals surface area contributed by atoms with E-state index >= 15 is 0 Å². The van der Waals surface area contributed by atoms with Crippen LogP contribution in [0.15, 0.2) is 12.1 Å². The molecule has 0 spiro atoms. The molecule has 0 aliphatic heterocycles. The molecule has 1 heterocycles. The summed E-state index contributed by atoms with van der Waals surface area (Å²) >= 11 is 0. The molecule has 1 rings (SSSR count). The van der Waals surface area contributed by atoms with Crippen molar-refractivity contribution in [3.8, 4) is 0 Å². The van der Waals surface area contributed by atoms with E-state index < -0.39 is 5.97 Å². The molecule has 0 bridgehead atoms. The Morgan fingerprint density at radius 2 is 2.62 bits per heavy atom. The van der Waals surface area contributed by atoms with Gasteiger partial charge in [0.1, 0.15) is 5.69 Å². The molecular weight excluding hydrogens is 106 g/mol. The first-order chi connectivity index (χ1) is 3.80. The Morgan fingerprint density at radius 3 is 2.88 bits per heavy atom. The molecule has 3 nitrogen and oxygen atoms in total. The second-order valence-electron chi connectivity index (χ2n) is 1.32. The maximum atomic E-state index is 10.0.